The van der Waals surface area contributed by atoms with E-state index in [2.05, 4.69) is 72.1 Å². The molecule has 4 nitrogen and oxygen atoms in total. The van der Waals surface area contributed by atoms with Crippen molar-refractivity contribution in [1.82, 2.24) is 0 Å². The van der Waals surface area contributed by atoms with Gasteiger partial charge in [-0.2, -0.15) is 0 Å². The second kappa shape index (κ2) is 12.9. The molecule has 0 aliphatic carbocycles. The Morgan fingerprint density at radius 1 is 0.971 bits per heavy atom. The normalized spacial score (nSPS) is 12.1. The van der Waals surface area contributed by atoms with E-state index in [-0.39, 0.29) is 5.70 Å². The van der Waals surface area contributed by atoms with Gasteiger partial charge in [0.25, 0.3) is 5.70 Å². The highest BCUT2D eigenvalue weighted by Gasteiger charge is 2.07. The molecule has 0 amide bonds. The number of allylic oxidation sites excluding steroid dienone is 2. The minimum absolute atomic E-state index is 0.287. The molecule has 176 valence electrons. The van der Waals surface area contributed by atoms with Crippen LogP contribution < -0.4 is 4.90 Å². The third-order valence-corrected chi connectivity index (χ3v) is 7.58. The molecule has 0 aliphatic rings. The molecule has 0 radical (unpaired) electrons. The van der Waals surface area contributed by atoms with Gasteiger partial charge >= 0.3 is 5.97 Å². The summed E-state index contributed by atoms with van der Waals surface area (Å²) in [4.78, 5) is 18.6. The Bertz CT molecular complexity index is 1180. The lowest BCUT2D eigenvalue weighted by molar-refractivity contribution is -0.132. The van der Waals surface area contributed by atoms with Gasteiger partial charge in [0.2, 0.25) is 0 Å². The molecule has 0 spiro atoms. The molecule has 0 saturated carbocycles. The number of hydrogen-bond donors (Lipinski definition) is 1. The van der Waals surface area contributed by atoms with Gasteiger partial charge in [0, 0.05) is 37.9 Å². The first-order valence-electron chi connectivity index (χ1n) is 11.6. The van der Waals surface area contributed by atoms with Crippen molar-refractivity contribution in [2.75, 3.05) is 18.0 Å². The van der Waals surface area contributed by atoms with E-state index in [0.29, 0.717) is 0 Å². The minimum atomic E-state index is -1.21. The molecular weight excluding hydrogens is 460 g/mol. The summed E-state index contributed by atoms with van der Waals surface area (Å²) < 4.78 is 2.41. The first-order chi connectivity index (χ1) is 16.5. The van der Waals surface area contributed by atoms with Crippen LogP contribution in [0.2, 0.25) is 0 Å². The Morgan fingerprint density at radius 3 is 2.09 bits per heavy atom. The van der Waals surface area contributed by atoms with Crippen molar-refractivity contribution >= 4 is 62.0 Å². The van der Waals surface area contributed by atoms with Crippen molar-refractivity contribution in [2.45, 2.75) is 39.5 Å². The number of hydrogen-bond acceptors (Lipinski definition) is 4. The van der Waals surface area contributed by atoms with Gasteiger partial charge in [0.15, 0.2) is 0 Å². The van der Waals surface area contributed by atoms with E-state index in [1.807, 2.05) is 6.08 Å². The number of carbonyl (C=O) groups is 1. The van der Waals surface area contributed by atoms with Gasteiger partial charge in [-0.1, -0.05) is 51.0 Å². The predicted molar refractivity (Wildman–Crippen MR) is 148 cm³/mol. The molecule has 0 bridgehead atoms. The van der Waals surface area contributed by atoms with Crippen LogP contribution in [0.1, 0.15) is 54.8 Å². The van der Waals surface area contributed by atoms with Crippen molar-refractivity contribution in [3.05, 3.63) is 81.0 Å². The third-order valence-electron chi connectivity index (χ3n) is 5.36. The van der Waals surface area contributed by atoms with Crippen LogP contribution >= 0.6 is 22.7 Å². The van der Waals surface area contributed by atoms with Crippen LogP contribution in [-0.2, 0) is 4.79 Å². The highest BCUT2D eigenvalue weighted by molar-refractivity contribution is 7.28. The summed E-state index contributed by atoms with van der Waals surface area (Å²) in [6, 6.07) is 13.1. The second-order valence-corrected chi connectivity index (χ2v) is 10.2. The number of unbranched alkanes of at least 4 members (excludes halogenated alkanes) is 2. The van der Waals surface area contributed by atoms with Gasteiger partial charge < -0.3 is 10.0 Å². The molecule has 3 rings (SSSR count). The Labute approximate surface area is 210 Å². The molecule has 3 aromatic rings. The molecular formula is C28H30N2O2S2. The summed E-state index contributed by atoms with van der Waals surface area (Å²) in [5.74, 6) is -1.21. The summed E-state index contributed by atoms with van der Waals surface area (Å²) >= 11 is 3.39. The number of anilines is 1. The molecule has 0 unspecified atom stereocenters. The molecule has 1 aromatic carbocycles. The summed E-state index contributed by atoms with van der Waals surface area (Å²) in [6.07, 6.45) is 14.0. The topological polar surface area (TPSA) is 44.9 Å². The summed E-state index contributed by atoms with van der Waals surface area (Å²) in [6.45, 7) is 13.6. The second-order valence-electron chi connectivity index (χ2n) is 7.97. The lowest BCUT2D eigenvalue weighted by Crippen LogP contribution is -2.25. The van der Waals surface area contributed by atoms with Crippen LogP contribution in [0.5, 0.6) is 0 Å². The van der Waals surface area contributed by atoms with E-state index in [9.17, 15) is 4.79 Å². The van der Waals surface area contributed by atoms with Gasteiger partial charge in [-0.15, -0.1) is 22.7 Å². The lowest BCUT2D eigenvalue weighted by atomic mass is 10.1. The molecule has 0 fully saturated rings. The molecule has 34 heavy (non-hydrogen) atoms. The maximum atomic E-state index is 10.9. The predicted octanol–water partition coefficient (Wildman–Crippen LogP) is 8.44. The van der Waals surface area contributed by atoms with Crippen molar-refractivity contribution in [2.24, 2.45) is 0 Å². The van der Waals surface area contributed by atoms with Crippen LogP contribution in [0.15, 0.2) is 54.2 Å². The fraction of sp³-hybridized carbons (Fsp3) is 0.286. The van der Waals surface area contributed by atoms with Gasteiger partial charge in [-0.3, -0.25) is 4.79 Å². The fourth-order valence-electron chi connectivity index (χ4n) is 3.47. The average Bonchev–Trinajstić information content (AvgIpc) is 3.39. The van der Waals surface area contributed by atoms with Crippen LogP contribution in [0.3, 0.4) is 0 Å². The highest BCUT2D eigenvalue weighted by atomic mass is 32.1. The standard InChI is InChI=1S/C28H30N2O2S2/c1-4-6-17-30(18-7-5-2)22-14-11-21(12-15-22)13-16-24-20-27-26(34-24)19-23(33-27)9-8-10-25(29-3)28(31)32/h8-16,19-20H,4-7,17-18H2,1-2H3,(H,31,32)/b9-8+,16-13+,25-10-. The first-order valence-corrected chi connectivity index (χ1v) is 13.2. The number of carboxylic acid groups (broad SMARTS) is 1. The van der Waals surface area contributed by atoms with E-state index in [1.165, 1.54) is 57.3 Å². The number of aliphatic carboxylic acids is 1. The molecule has 2 aromatic heterocycles. The maximum Gasteiger partial charge on any atom is 0.333 e. The summed E-state index contributed by atoms with van der Waals surface area (Å²) in [7, 11) is 0. The Morgan fingerprint density at radius 2 is 1.56 bits per heavy atom. The van der Waals surface area contributed by atoms with Crippen LogP contribution in [-0.4, -0.2) is 24.2 Å². The smallest absolute Gasteiger partial charge is 0.333 e. The molecule has 1 N–H and O–H groups in total. The molecule has 0 atom stereocenters. The fourth-order valence-corrected chi connectivity index (χ4v) is 5.70. The molecule has 0 aliphatic heterocycles. The first kappa shape index (κ1) is 25.5. The van der Waals surface area contributed by atoms with Gasteiger partial charge in [-0.25, -0.2) is 4.85 Å². The quantitative estimate of drug-likeness (QED) is 0.157. The van der Waals surface area contributed by atoms with Crippen molar-refractivity contribution < 1.29 is 9.90 Å². The monoisotopic (exact) mass is 490 g/mol. The van der Waals surface area contributed by atoms with E-state index < -0.39 is 5.97 Å². The number of rotatable bonds is 12. The zero-order valence-electron chi connectivity index (χ0n) is 19.7. The zero-order valence-corrected chi connectivity index (χ0v) is 21.3. The van der Waals surface area contributed by atoms with Crippen molar-refractivity contribution in [3.8, 4) is 0 Å². The summed E-state index contributed by atoms with van der Waals surface area (Å²) in [5, 5.41) is 8.89. The van der Waals surface area contributed by atoms with Crippen molar-refractivity contribution in [3.63, 3.8) is 0 Å². The van der Waals surface area contributed by atoms with E-state index in [4.69, 9.17) is 11.7 Å². The van der Waals surface area contributed by atoms with Crippen LogP contribution in [0.4, 0.5) is 5.69 Å². The number of thiophene rings is 2. The van der Waals surface area contributed by atoms with Gasteiger partial charge in [-0.05, 0) is 60.9 Å². The lowest BCUT2D eigenvalue weighted by Gasteiger charge is -2.24. The van der Waals surface area contributed by atoms with Crippen LogP contribution in [0.25, 0.3) is 32.5 Å². The van der Waals surface area contributed by atoms with Crippen LogP contribution in [0, 0.1) is 6.57 Å². The number of carboxylic acids is 1. The highest BCUT2D eigenvalue weighted by Crippen LogP contribution is 2.34. The van der Waals surface area contributed by atoms with Gasteiger partial charge in [0.05, 0.1) is 6.57 Å². The summed E-state index contributed by atoms with van der Waals surface area (Å²) in [5.41, 5.74) is 2.21. The maximum absolute atomic E-state index is 10.9. The van der Waals surface area contributed by atoms with E-state index >= 15 is 0 Å². The Kier molecular flexibility index (Phi) is 9.69. The largest absolute Gasteiger partial charge is 0.486 e. The zero-order chi connectivity index (χ0) is 24.3. The molecule has 0 saturated heterocycles. The number of fused-ring (bicyclic) bond motifs is 1. The number of nitrogens with zero attached hydrogens (tertiary/aromatic N) is 2. The number of benzene rings is 1. The SMILES string of the molecule is [C-]#[N+]/C(=C\C=C\c1cc2sc(/C=C/c3ccc(N(CCCC)CCCC)cc3)cc2s1)C(=O)O. The Hall–Kier alpha value is -3.14. The third kappa shape index (κ3) is 7.18. The van der Waals surface area contributed by atoms with E-state index in [1.54, 1.807) is 28.7 Å². The average molecular weight is 491 g/mol. The van der Waals surface area contributed by atoms with Gasteiger partial charge in [0.1, 0.15) is 0 Å². The molecule has 6 heteroatoms. The molecule has 2 heterocycles. The minimum Gasteiger partial charge on any atom is -0.486 e. The Balaban J connectivity index is 1.65. The van der Waals surface area contributed by atoms with Crippen molar-refractivity contribution in [1.29, 1.82) is 0 Å². The van der Waals surface area contributed by atoms with E-state index in [0.717, 1.165) is 18.0 Å².